The van der Waals surface area contributed by atoms with Gasteiger partial charge in [-0.15, -0.1) is 0 Å². The van der Waals surface area contributed by atoms with Crippen molar-refractivity contribution in [3.63, 3.8) is 0 Å². The molecule has 0 unspecified atom stereocenters. The molecule has 0 aromatic heterocycles. The Morgan fingerprint density at radius 1 is 1.25 bits per heavy atom. The Balaban J connectivity index is 4.38. The van der Waals surface area contributed by atoms with Crippen molar-refractivity contribution in [1.29, 1.82) is 0 Å². The van der Waals surface area contributed by atoms with Gasteiger partial charge in [-0.2, -0.15) is 0 Å². The van der Waals surface area contributed by atoms with Crippen LogP contribution in [0.1, 0.15) is 33.6 Å². The minimum atomic E-state index is -0.892. The first-order valence-corrected chi connectivity index (χ1v) is 5.43. The summed E-state index contributed by atoms with van der Waals surface area (Å²) in [5, 5.41) is 8.54. The summed E-state index contributed by atoms with van der Waals surface area (Å²) in [6.45, 7) is 6.21. The van der Waals surface area contributed by atoms with Crippen LogP contribution in [0.5, 0.6) is 0 Å². The summed E-state index contributed by atoms with van der Waals surface area (Å²) >= 11 is 0. The number of carboxylic acids is 1. The minimum absolute atomic E-state index is 0.0252. The van der Waals surface area contributed by atoms with Crippen molar-refractivity contribution in [2.45, 2.75) is 39.2 Å². The molecule has 2 amide bonds. The topological polar surface area (TPSA) is 60.9 Å². The number of amides is 2. The van der Waals surface area contributed by atoms with Crippen LogP contribution >= 0.6 is 0 Å². The third kappa shape index (κ3) is 4.08. The summed E-state index contributed by atoms with van der Waals surface area (Å²) < 4.78 is 0. The fourth-order valence-electron chi connectivity index (χ4n) is 1.11. The van der Waals surface area contributed by atoms with E-state index in [1.165, 1.54) is 4.90 Å². The Hall–Kier alpha value is -1.26. The molecule has 0 radical (unpaired) electrons. The van der Waals surface area contributed by atoms with E-state index in [-0.39, 0.29) is 24.5 Å². The van der Waals surface area contributed by atoms with Crippen LogP contribution in [-0.2, 0) is 4.79 Å². The lowest BCUT2D eigenvalue weighted by molar-refractivity contribution is -0.137. The van der Waals surface area contributed by atoms with Crippen LogP contribution in [0.25, 0.3) is 0 Å². The molecule has 0 rings (SSSR count). The molecule has 5 nitrogen and oxygen atoms in total. The van der Waals surface area contributed by atoms with Crippen LogP contribution in [0, 0.1) is 0 Å². The minimum Gasteiger partial charge on any atom is -0.481 e. The SMILES string of the molecule is CCC(C)(C)N(C)C(=O)N(C)CCC(=O)O. The van der Waals surface area contributed by atoms with Gasteiger partial charge in [-0.3, -0.25) is 4.79 Å². The van der Waals surface area contributed by atoms with E-state index >= 15 is 0 Å². The van der Waals surface area contributed by atoms with Crippen molar-refractivity contribution >= 4 is 12.0 Å². The zero-order chi connectivity index (χ0) is 12.9. The molecular weight excluding hydrogens is 208 g/mol. The molecule has 0 aliphatic carbocycles. The van der Waals surface area contributed by atoms with E-state index in [2.05, 4.69) is 0 Å². The van der Waals surface area contributed by atoms with E-state index in [0.29, 0.717) is 0 Å². The average Bonchev–Trinajstić information content (AvgIpc) is 2.23. The summed E-state index contributed by atoms with van der Waals surface area (Å²) in [7, 11) is 3.36. The molecule has 0 aromatic rings. The second kappa shape index (κ2) is 5.72. The molecule has 0 saturated carbocycles. The zero-order valence-electron chi connectivity index (χ0n) is 10.8. The number of nitrogens with zero attached hydrogens (tertiary/aromatic N) is 2. The van der Waals surface area contributed by atoms with Gasteiger partial charge in [0.05, 0.1) is 6.42 Å². The Morgan fingerprint density at radius 3 is 2.12 bits per heavy atom. The highest BCUT2D eigenvalue weighted by molar-refractivity contribution is 5.75. The number of aliphatic carboxylic acids is 1. The molecule has 0 fully saturated rings. The maximum absolute atomic E-state index is 11.9. The maximum Gasteiger partial charge on any atom is 0.319 e. The van der Waals surface area contributed by atoms with Crippen molar-refractivity contribution in [3.05, 3.63) is 0 Å². The summed E-state index contributed by atoms with van der Waals surface area (Å²) in [6.07, 6.45) is 0.824. The van der Waals surface area contributed by atoms with Crippen molar-refractivity contribution in [2.24, 2.45) is 0 Å². The van der Waals surface area contributed by atoms with Crippen molar-refractivity contribution in [3.8, 4) is 0 Å². The van der Waals surface area contributed by atoms with Crippen LogP contribution in [0.2, 0.25) is 0 Å². The monoisotopic (exact) mass is 230 g/mol. The predicted octanol–water partition coefficient (Wildman–Crippen LogP) is 1.63. The van der Waals surface area contributed by atoms with E-state index < -0.39 is 5.97 Å². The summed E-state index contributed by atoms with van der Waals surface area (Å²) in [5.74, 6) is -0.892. The number of carbonyl (C=O) groups excluding carboxylic acids is 1. The molecule has 94 valence electrons. The Bertz CT molecular complexity index is 264. The third-order valence-electron chi connectivity index (χ3n) is 3.05. The van der Waals surface area contributed by atoms with Crippen LogP contribution in [-0.4, -0.2) is 53.1 Å². The second-order valence-corrected chi connectivity index (χ2v) is 4.57. The molecular formula is C11H22N2O3. The van der Waals surface area contributed by atoms with Crippen LogP contribution in [0.3, 0.4) is 0 Å². The van der Waals surface area contributed by atoms with E-state index in [4.69, 9.17) is 5.11 Å². The normalized spacial score (nSPS) is 11.1. The molecule has 1 N–H and O–H groups in total. The van der Waals surface area contributed by atoms with Crippen LogP contribution in [0.4, 0.5) is 4.79 Å². The van der Waals surface area contributed by atoms with Gasteiger partial charge in [0.2, 0.25) is 0 Å². The Kier molecular flexibility index (Phi) is 5.27. The highest BCUT2D eigenvalue weighted by atomic mass is 16.4. The number of carbonyl (C=O) groups is 2. The van der Waals surface area contributed by atoms with Crippen molar-refractivity contribution in [2.75, 3.05) is 20.6 Å². The van der Waals surface area contributed by atoms with Gasteiger partial charge in [0.1, 0.15) is 0 Å². The molecule has 16 heavy (non-hydrogen) atoms. The Labute approximate surface area is 97.0 Å². The predicted molar refractivity (Wildman–Crippen MR) is 62.4 cm³/mol. The van der Waals surface area contributed by atoms with Crippen LogP contribution in [0.15, 0.2) is 0 Å². The fourth-order valence-corrected chi connectivity index (χ4v) is 1.11. The lowest BCUT2D eigenvalue weighted by atomic mass is 10.0. The zero-order valence-corrected chi connectivity index (χ0v) is 10.8. The van der Waals surface area contributed by atoms with Crippen molar-refractivity contribution < 1.29 is 14.7 Å². The molecule has 0 atom stereocenters. The molecule has 0 bridgehead atoms. The quantitative estimate of drug-likeness (QED) is 0.781. The summed E-state index contributed by atoms with van der Waals surface area (Å²) in [5.41, 5.74) is -0.214. The molecule has 5 heteroatoms. The number of hydrogen-bond acceptors (Lipinski definition) is 2. The van der Waals surface area contributed by atoms with E-state index in [1.54, 1.807) is 19.0 Å². The first kappa shape index (κ1) is 14.7. The Morgan fingerprint density at radius 2 is 1.75 bits per heavy atom. The molecule has 0 aliphatic heterocycles. The van der Waals surface area contributed by atoms with Crippen LogP contribution < -0.4 is 0 Å². The maximum atomic E-state index is 11.9. The second-order valence-electron chi connectivity index (χ2n) is 4.57. The molecule has 0 heterocycles. The number of carboxylic acid groups (broad SMARTS) is 1. The van der Waals surface area contributed by atoms with Gasteiger partial charge in [0, 0.05) is 26.2 Å². The van der Waals surface area contributed by atoms with Gasteiger partial charge in [0.15, 0.2) is 0 Å². The van der Waals surface area contributed by atoms with E-state index in [1.807, 2.05) is 20.8 Å². The lowest BCUT2D eigenvalue weighted by Gasteiger charge is -2.37. The number of urea groups is 1. The highest BCUT2D eigenvalue weighted by Gasteiger charge is 2.27. The van der Waals surface area contributed by atoms with E-state index in [0.717, 1.165) is 6.42 Å². The molecule has 0 spiro atoms. The van der Waals surface area contributed by atoms with Gasteiger partial charge >= 0.3 is 12.0 Å². The lowest BCUT2D eigenvalue weighted by Crippen LogP contribution is -2.50. The smallest absolute Gasteiger partial charge is 0.319 e. The summed E-state index contributed by atoms with van der Waals surface area (Å²) in [4.78, 5) is 25.4. The molecule has 0 saturated heterocycles. The fraction of sp³-hybridized carbons (Fsp3) is 0.818. The largest absolute Gasteiger partial charge is 0.481 e. The first-order chi connectivity index (χ1) is 7.22. The van der Waals surface area contributed by atoms with Gasteiger partial charge in [-0.25, -0.2) is 4.79 Å². The number of rotatable bonds is 5. The standard InChI is InChI=1S/C11H22N2O3/c1-6-11(2,3)13(5)10(16)12(4)8-7-9(14)15/h6-8H2,1-5H3,(H,14,15). The van der Waals surface area contributed by atoms with Gasteiger partial charge in [-0.1, -0.05) is 6.92 Å². The first-order valence-electron chi connectivity index (χ1n) is 5.43. The molecule has 0 aliphatic rings. The number of hydrogen-bond donors (Lipinski definition) is 1. The summed E-state index contributed by atoms with van der Waals surface area (Å²) in [6, 6.07) is -0.145. The van der Waals surface area contributed by atoms with Gasteiger partial charge in [-0.05, 0) is 20.3 Å². The third-order valence-corrected chi connectivity index (χ3v) is 3.05. The van der Waals surface area contributed by atoms with Crippen molar-refractivity contribution in [1.82, 2.24) is 9.80 Å². The van der Waals surface area contributed by atoms with Gasteiger partial charge < -0.3 is 14.9 Å². The van der Waals surface area contributed by atoms with E-state index in [9.17, 15) is 9.59 Å². The van der Waals surface area contributed by atoms with Gasteiger partial charge in [0.25, 0.3) is 0 Å². The molecule has 0 aromatic carbocycles. The average molecular weight is 230 g/mol. The highest BCUT2D eigenvalue weighted by Crippen LogP contribution is 2.17.